The number of carbonyl (C=O) groups excluding carboxylic acids is 2. The number of nitrogens with one attached hydrogen (secondary N) is 2. The molecule has 10 heteroatoms. The standard InChI is InChI=1S/C23H21N3O6S/c1-2-18(27)26-13-9-7-12(8-10-13)25-16-11-17(33(30,31)32)21(24)20-19(16)22(28)14-5-3-4-6-15(14)23(20)29/h3-11,22,25,28H,2,24H2,1H3,(H,26,27)(H,30,31,32). The predicted octanol–water partition coefficient (Wildman–Crippen LogP) is 3.23. The lowest BCUT2D eigenvalue weighted by Crippen LogP contribution is -2.23. The number of nitrogens with two attached hydrogens (primary N) is 1. The molecule has 0 aliphatic heterocycles. The highest BCUT2D eigenvalue weighted by Gasteiger charge is 2.36. The van der Waals surface area contributed by atoms with Crippen molar-refractivity contribution >= 4 is 44.6 Å². The molecule has 0 bridgehead atoms. The summed E-state index contributed by atoms with van der Waals surface area (Å²) in [5, 5.41) is 16.8. The van der Waals surface area contributed by atoms with Crippen molar-refractivity contribution < 1.29 is 27.7 Å². The van der Waals surface area contributed by atoms with E-state index in [4.69, 9.17) is 5.73 Å². The Morgan fingerprint density at radius 3 is 2.36 bits per heavy atom. The molecule has 0 spiro atoms. The first kappa shape index (κ1) is 22.5. The summed E-state index contributed by atoms with van der Waals surface area (Å²) in [5.74, 6) is -0.712. The Kier molecular flexibility index (Phi) is 5.66. The van der Waals surface area contributed by atoms with Crippen molar-refractivity contribution in [2.24, 2.45) is 0 Å². The smallest absolute Gasteiger partial charge is 0.296 e. The van der Waals surface area contributed by atoms with Gasteiger partial charge in [-0.2, -0.15) is 8.42 Å². The quantitative estimate of drug-likeness (QED) is 0.282. The average molecular weight is 468 g/mol. The molecule has 0 saturated heterocycles. The number of fused-ring (bicyclic) bond motifs is 2. The summed E-state index contributed by atoms with van der Waals surface area (Å²) >= 11 is 0. The minimum atomic E-state index is -4.77. The van der Waals surface area contributed by atoms with Gasteiger partial charge in [-0.3, -0.25) is 14.1 Å². The zero-order valence-corrected chi connectivity index (χ0v) is 18.3. The van der Waals surface area contributed by atoms with Crippen LogP contribution in [0.4, 0.5) is 22.7 Å². The van der Waals surface area contributed by atoms with Crippen molar-refractivity contribution in [3.05, 3.63) is 76.9 Å². The van der Waals surface area contributed by atoms with Crippen LogP contribution in [0.1, 0.15) is 46.5 Å². The highest BCUT2D eigenvalue weighted by Crippen LogP contribution is 2.44. The molecule has 0 heterocycles. The molecule has 0 fully saturated rings. The van der Waals surface area contributed by atoms with E-state index in [2.05, 4.69) is 10.6 Å². The van der Waals surface area contributed by atoms with E-state index in [1.165, 1.54) is 6.07 Å². The molecule has 170 valence electrons. The minimum absolute atomic E-state index is 0.0903. The van der Waals surface area contributed by atoms with Gasteiger partial charge in [0.2, 0.25) is 5.91 Å². The molecule has 33 heavy (non-hydrogen) atoms. The van der Waals surface area contributed by atoms with Crippen LogP contribution in [0.15, 0.2) is 59.5 Å². The number of hydrogen-bond acceptors (Lipinski definition) is 7. The third-order valence-corrected chi connectivity index (χ3v) is 6.31. The van der Waals surface area contributed by atoms with Crippen molar-refractivity contribution in [2.45, 2.75) is 24.3 Å². The molecular weight excluding hydrogens is 446 g/mol. The molecule has 9 nitrogen and oxygen atoms in total. The number of amides is 1. The number of aliphatic hydroxyl groups is 1. The number of carbonyl (C=O) groups is 2. The van der Waals surface area contributed by atoms with Crippen LogP contribution in [-0.2, 0) is 14.9 Å². The van der Waals surface area contributed by atoms with Crippen LogP contribution in [-0.4, -0.2) is 29.8 Å². The summed E-state index contributed by atoms with van der Waals surface area (Å²) in [5.41, 5.74) is 7.17. The zero-order valence-electron chi connectivity index (χ0n) is 17.5. The van der Waals surface area contributed by atoms with Crippen LogP contribution in [0.5, 0.6) is 0 Å². The van der Waals surface area contributed by atoms with Gasteiger partial charge in [0.05, 0.1) is 11.3 Å². The largest absolute Gasteiger partial charge is 0.397 e. The maximum absolute atomic E-state index is 13.2. The molecule has 1 aliphatic carbocycles. The molecule has 3 aromatic carbocycles. The van der Waals surface area contributed by atoms with E-state index < -0.39 is 32.6 Å². The number of aliphatic hydroxyl groups excluding tert-OH is 1. The SMILES string of the molecule is CCC(=O)Nc1ccc(Nc2cc(S(=O)(=O)O)c(N)c3c2C(O)c2ccccc2C3=O)cc1. The van der Waals surface area contributed by atoms with E-state index in [1.807, 2.05) is 0 Å². The van der Waals surface area contributed by atoms with Crippen LogP contribution in [0.2, 0.25) is 0 Å². The third-order valence-electron chi connectivity index (χ3n) is 5.42. The van der Waals surface area contributed by atoms with Gasteiger partial charge in [0.25, 0.3) is 10.1 Å². The summed E-state index contributed by atoms with van der Waals surface area (Å²) < 4.78 is 33.7. The number of benzene rings is 3. The first-order valence-corrected chi connectivity index (χ1v) is 11.5. The second-order valence-electron chi connectivity index (χ2n) is 7.52. The van der Waals surface area contributed by atoms with Crippen LogP contribution >= 0.6 is 0 Å². The molecule has 1 aliphatic rings. The van der Waals surface area contributed by atoms with Gasteiger partial charge in [0.15, 0.2) is 5.78 Å². The molecule has 3 aromatic rings. The van der Waals surface area contributed by atoms with Crippen molar-refractivity contribution in [2.75, 3.05) is 16.4 Å². The Bertz CT molecular complexity index is 1380. The lowest BCUT2D eigenvalue weighted by molar-refractivity contribution is -0.115. The normalized spacial score (nSPS) is 14.9. The molecule has 1 unspecified atom stereocenters. The highest BCUT2D eigenvalue weighted by atomic mass is 32.2. The monoisotopic (exact) mass is 467 g/mol. The first-order chi connectivity index (χ1) is 15.6. The van der Waals surface area contributed by atoms with E-state index in [-0.39, 0.29) is 28.3 Å². The summed E-state index contributed by atoms with van der Waals surface area (Å²) in [6, 6.07) is 14.0. The van der Waals surface area contributed by atoms with Crippen LogP contribution in [0, 0.1) is 0 Å². The third kappa shape index (κ3) is 4.07. The van der Waals surface area contributed by atoms with E-state index in [1.54, 1.807) is 49.4 Å². The van der Waals surface area contributed by atoms with Gasteiger partial charge in [0, 0.05) is 34.6 Å². The molecule has 1 amide bonds. The first-order valence-electron chi connectivity index (χ1n) is 10.0. The predicted molar refractivity (Wildman–Crippen MR) is 123 cm³/mol. The van der Waals surface area contributed by atoms with Crippen LogP contribution in [0.25, 0.3) is 0 Å². The van der Waals surface area contributed by atoms with Crippen molar-refractivity contribution in [3.8, 4) is 0 Å². The Balaban J connectivity index is 1.85. The lowest BCUT2D eigenvalue weighted by atomic mass is 9.81. The van der Waals surface area contributed by atoms with Gasteiger partial charge in [-0.05, 0) is 35.9 Å². The van der Waals surface area contributed by atoms with Gasteiger partial charge in [0.1, 0.15) is 11.0 Å². The highest BCUT2D eigenvalue weighted by molar-refractivity contribution is 7.86. The molecule has 0 aromatic heterocycles. The van der Waals surface area contributed by atoms with E-state index in [0.717, 1.165) is 6.07 Å². The summed E-state index contributed by atoms with van der Waals surface area (Å²) in [7, 11) is -4.77. The number of rotatable bonds is 5. The van der Waals surface area contributed by atoms with Crippen LogP contribution < -0.4 is 16.4 Å². The van der Waals surface area contributed by atoms with Crippen molar-refractivity contribution in [1.82, 2.24) is 0 Å². The maximum Gasteiger partial charge on any atom is 0.296 e. The molecule has 6 N–H and O–H groups in total. The minimum Gasteiger partial charge on any atom is -0.397 e. The summed E-state index contributed by atoms with van der Waals surface area (Å²) in [6.45, 7) is 1.73. The molecule has 0 radical (unpaired) electrons. The van der Waals surface area contributed by atoms with Gasteiger partial charge in [-0.25, -0.2) is 0 Å². The van der Waals surface area contributed by atoms with Crippen molar-refractivity contribution in [3.63, 3.8) is 0 Å². The van der Waals surface area contributed by atoms with Gasteiger partial charge >= 0.3 is 0 Å². The number of hydrogen-bond donors (Lipinski definition) is 5. The number of nitrogen functional groups attached to an aromatic ring is 1. The Morgan fingerprint density at radius 1 is 1.09 bits per heavy atom. The Hall–Kier alpha value is -3.73. The molecule has 1 atom stereocenters. The molecule has 0 saturated carbocycles. The van der Waals surface area contributed by atoms with Gasteiger partial charge in [-0.1, -0.05) is 31.2 Å². The van der Waals surface area contributed by atoms with Crippen LogP contribution in [0.3, 0.4) is 0 Å². The Labute approximate surface area is 190 Å². The summed E-state index contributed by atoms with van der Waals surface area (Å²) in [6.07, 6.45) is -0.944. The fourth-order valence-corrected chi connectivity index (χ4v) is 4.46. The second kappa shape index (κ2) is 8.32. The maximum atomic E-state index is 13.2. The topological polar surface area (TPSA) is 159 Å². The zero-order chi connectivity index (χ0) is 23.9. The number of anilines is 4. The van der Waals surface area contributed by atoms with Gasteiger partial charge < -0.3 is 21.5 Å². The fourth-order valence-electron chi connectivity index (χ4n) is 3.81. The molecule has 4 rings (SSSR count). The van der Waals surface area contributed by atoms with E-state index in [9.17, 15) is 27.7 Å². The lowest BCUT2D eigenvalue weighted by Gasteiger charge is -2.28. The number of ketones is 1. The molecular formula is C23H21N3O6S. The van der Waals surface area contributed by atoms with Crippen molar-refractivity contribution in [1.29, 1.82) is 0 Å². The average Bonchev–Trinajstić information content (AvgIpc) is 2.78. The van der Waals surface area contributed by atoms with Gasteiger partial charge in [-0.15, -0.1) is 0 Å². The van der Waals surface area contributed by atoms with E-state index in [0.29, 0.717) is 23.4 Å². The fraction of sp³-hybridized carbons (Fsp3) is 0.130. The Morgan fingerprint density at radius 2 is 1.73 bits per heavy atom. The summed E-state index contributed by atoms with van der Waals surface area (Å²) in [4.78, 5) is 24.1. The van der Waals surface area contributed by atoms with E-state index >= 15 is 0 Å². The second-order valence-corrected chi connectivity index (χ2v) is 8.91.